The van der Waals surface area contributed by atoms with Gasteiger partial charge in [0, 0.05) is 43.1 Å². The number of benzene rings is 1. The first kappa shape index (κ1) is 14.5. The highest BCUT2D eigenvalue weighted by Gasteiger charge is 2.21. The van der Waals surface area contributed by atoms with Crippen molar-refractivity contribution in [1.82, 2.24) is 15.0 Å². The van der Waals surface area contributed by atoms with Crippen molar-refractivity contribution >= 4 is 11.4 Å². The van der Waals surface area contributed by atoms with Gasteiger partial charge in [-0.2, -0.15) is 0 Å². The lowest BCUT2D eigenvalue weighted by molar-refractivity contribution is -0.385. The average molecular weight is 301 g/mol. The molecule has 0 spiro atoms. The minimum Gasteiger partial charge on any atom is -0.371 e. The van der Waals surface area contributed by atoms with Crippen LogP contribution in [0.15, 0.2) is 30.6 Å². The molecule has 1 saturated heterocycles. The van der Waals surface area contributed by atoms with Crippen LogP contribution in [0.25, 0.3) is 0 Å². The lowest BCUT2D eigenvalue weighted by Crippen LogP contribution is -2.35. The van der Waals surface area contributed by atoms with Gasteiger partial charge in [0.05, 0.1) is 11.1 Å². The first-order valence-corrected chi connectivity index (χ1v) is 7.47. The zero-order chi connectivity index (χ0) is 15.5. The van der Waals surface area contributed by atoms with Gasteiger partial charge >= 0.3 is 0 Å². The number of hydrogen-bond acceptors (Lipinski definition) is 5. The molecule has 1 fully saturated rings. The molecule has 0 atom stereocenters. The molecule has 7 nitrogen and oxygen atoms in total. The van der Waals surface area contributed by atoms with Crippen LogP contribution >= 0.6 is 0 Å². The number of anilines is 1. The molecule has 1 aliphatic heterocycles. The Morgan fingerprint density at radius 3 is 2.73 bits per heavy atom. The second-order valence-electron chi connectivity index (χ2n) is 5.78. The van der Waals surface area contributed by atoms with Crippen LogP contribution < -0.4 is 4.90 Å². The maximum atomic E-state index is 10.9. The van der Waals surface area contributed by atoms with E-state index in [1.807, 2.05) is 23.0 Å². The Kier molecular flexibility index (Phi) is 4.04. The highest BCUT2D eigenvalue weighted by atomic mass is 16.6. The van der Waals surface area contributed by atoms with Crippen LogP contribution in [-0.4, -0.2) is 33.0 Å². The van der Waals surface area contributed by atoms with E-state index >= 15 is 0 Å². The van der Waals surface area contributed by atoms with Crippen molar-refractivity contribution in [2.24, 2.45) is 5.92 Å². The third kappa shape index (κ3) is 3.08. The molecule has 116 valence electrons. The molecule has 0 saturated carbocycles. The van der Waals surface area contributed by atoms with E-state index in [2.05, 4.69) is 15.2 Å². The van der Waals surface area contributed by atoms with Gasteiger partial charge in [-0.15, -0.1) is 5.10 Å². The number of hydrogen-bond donors (Lipinski definition) is 0. The summed E-state index contributed by atoms with van der Waals surface area (Å²) < 4.78 is 1.89. The van der Waals surface area contributed by atoms with E-state index in [1.54, 1.807) is 19.2 Å². The Hall–Kier alpha value is -2.44. The zero-order valence-corrected chi connectivity index (χ0v) is 12.6. The van der Waals surface area contributed by atoms with Gasteiger partial charge in [0.25, 0.3) is 5.69 Å². The van der Waals surface area contributed by atoms with E-state index in [1.165, 1.54) is 0 Å². The molecule has 0 aliphatic carbocycles. The molecule has 3 rings (SSSR count). The van der Waals surface area contributed by atoms with Crippen LogP contribution in [0.5, 0.6) is 0 Å². The molecule has 1 aromatic heterocycles. The first-order chi connectivity index (χ1) is 10.6. The van der Waals surface area contributed by atoms with Crippen molar-refractivity contribution in [3.63, 3.8) is 0 Å². The maximum Gasteiger partial charge on any atom is 0.272 e. The van der Waals surface area contributed by atoms with Crippen LogP contribution in [0, 0.1) is 23.0 Å². The fraction of sp³-hybridized carbons (Fsp3) is 0.467. The molecule has 0 N–H and O–H groups in total. The number of aryl methyl sites for hydroxylation is 1. The standard InChI is InChI=1S/C15H19N5O2/c1-12-10-14(2-3-15(12)20(21)22)18-7-4-13(5-8-18)11-19-9-6-16-17-19/h2-3,6,9-10,13H,4-5,7-8,11H2,1H3. The fourth-order valence-electron chi connectivity index (χ4n) is 3.01. The van der Waals surface area contributed by atoms with Crippen LogP contribution in [0.2, 0.25) is 0 Å². The van der Waals surface area contributed by atoms with Crippen molar-refractivity contribution in [3.8, 4) is 0 Å². The second kappa shape index (κ2) is 6.13. The summed E-state index contributed by atoms with van der Waals surface area (Å²) in [5, 5.41) is 18.7. The van der Waals surface area contributed by atoms with Crippen LogP contribution in [0.1, 0.15) is 18.4 Å². The quantitative estimate of drug-likeness (QED) is 0.640. The summed E-state index contributed by atoms with van der Waals surface area (Å²) in [6.45, 7) is 4.64. The minimum atomic E-state index is -0.330. The third-order valence-corrected chi connectivity index (χ3v) is 4.27. The number of nitrogens with zero attached hydrogens (tertiary/aromatic N) is 5. The Balaban J connectivity index is 1.61. The highest BCUT2D eigenvalue weighted by molar-refractivity contribution is 5.55. The topological polar surface area (TPSA) is 77.1 Å². The summed E-state index contributed by atoms with van der Waals surface area (Å²) in [5.74, 6) is 0.608. The Morgan fingerprint density at radius 2 is 2.14 bits per heavy atom. The number of nitro groups is 1. The Labute approximate surface area is 128 Å². The van der Waals surface area contributed by atoms with Gasteiger partial charge in [0.15, 0.2) is 0 Å². The van der Waals surface area contributed by atoms with Crippen molar-refractivity contribution in [1.29, 1.82) is 0 Å². The van der Waals surface area contributed by atoms with E-state index in [-0.39, 0.29) is 10.6 Å². The van der Waals surface area contributed by atoms with E-state index < -0.39 is 0 Å². The normalized spacial score (nSPS) is 16.0. The van der Waals surface area contributed by atoms with Gasteiger partial charge in [0.2, 0.25) is 0 Å². The lowest BCUT2D eigenvalue weighted by Gasteiger charge is -2.33. The Bertz CT molecular complexity index is 648. The van der Waals surface area contributed by atoms with Crippen LogP contribution in [0.4, 0.5) is 11.4 Å². The lowest BCUT2D eigenvalue weighted by atomic mass is 9.96. The van der Waals surface area contributed by atoms with Gasteiger partial charge in [-0.05, 0) is 37.8 Å². The molecule has 7 heteroatoms. The molecule has 1 aliphatic rings. The zero-order valence-electron chi connectivity index (χ0n) is 12.6. The van der Waals surface area contributed by atoms with Gasteiger partial charge in [-0.1, -0.05) is 5.21 Å². The highest BCUT2D eigenvalue weighted by Crippen LogP contribution is 2.28. The number of aromatic nitrogens is 3. The second-order valence-corrected chi connectivity index (χ2v) is 5.78. The molecule has 2 heterocycles. The van der Waals surface area contributed by atoms with E-state index in [4.69, 9.17) is 0 Å². The number of nitro benzene ring substituents is 1. The van der Waals surface area contributed by atoms with E-state index in [0.29, 0.717) is 11.5 Å². The summed E-state index contributed by atoms with van der Waals surface area (Å²) in [6.07, 6.45) is 5.78. The van der Waals surface area contributed by atoms with E-state index in [9.17, 15) is 10.1 Å². The summed E-state index contributed by atoms with van der Waals surface area (Å²) >= 11 is 0. The molecule has 22 heavy (non-hydrogen) atoms. The van der Waals surface area contributed by atoms with Gasteiger partial charge in [-0.25, -0.2) is 0 Å². The molecule has 0 amide bonds. The molecular weight excluding hydrogens is 282 g/mol. The summed E-state index contributed by atoms with van der Waals surface area (Å²) in [4.78, 5) is 12.9. The summed E-state index contributed by atoms with van der Waals surface area (Å²) in [6, 6.07) is 5.37. The Morgan fingerprint density at radius 1 is 1.36 bits per heavy atom. The smallest absolute Gasteiger partial charge is 0.272 e. The van der Waals surface area contributed by atoms with Crippen molar-refractivity contribution < 1.29 is 4.92 Å². The summed E-state index contributed by atoms with van der Waals surface area (Å²) in [5.41, 5.74) is 1.97. The maximum absolute atomic E-state index is 10.9. The van der Waals surface area contributed by atoms with Crippen LogP contribution in [0.3, 0.4) is 0 Å². The SMILES string of the molecule is Cc1cc(N2CCC(Cn3ccnn3)CC2)ccc1[N+](=O)[O-]. The van der Waals surface area contributed by atoms with Gasteiger partial charge < -0.3 is 4.90 Å². The predicted molar refractivity (Wildman–Crippen MR) is 82.8 cm³/mol. The molecule has 0 unspecified atom stereocenters. The molecule has 0 bridgehead atoms. The van der Waals surface area contributed by atoms with Crippen molar-refractivity contribution in [2.75, 3.05) is 18.0 Å². The molecule has 1 aromatic carbocycles. The predicted octanol–water partition coefficient (Wildman–Crippen LogP) is 2.41. The van der Waals surface area contributed by atoms with Gasteiger partial charge in [0.1, 0.15) is 0 Å². The van der Waals surface area contributed by atoms with E-state index in [0.717, 1.165) is 38.2 Å². The molecular formula is C15H19N5O2. The number of rotatable bonds is 4. The first-order valence-electron chi connectivity index (χ1n) is 7.47. The molecule has 2 aromatic rings. The number of piperidine rings is 1. The monoisotopic (exact) mass is 301 g/mol. The molecule has 0 radical (unpaired) electrons. The summed E-state index contributed by atoms with van der Waals surface area (Å²) in [7, 11) is 0. The average Bonchev–Trinajstić information content (AvgIpc) is 3.00. The fourth-order valence-corrected chi connectivity index (χ4v) is 3.01. The minimum absolute atomic E-state index is 0.185. The van der Waals surface area contributed by atoms with Crippen molar-refractivity contribution in [3.05, 3.63) is 46.3 Å². The van der Waals surface area contributed by atoms with Crippen molar-refractivity contribution in [2.45, 2.75) is 26.3 Å². The van der Waals surface area contributed by atoms with Gasteiger partial charge in [-0.3, -0.25) is 14.8 Å². The largest absolute Gasteiger partial charge is 0.371 e. The van der Waals surface area contributed by atoms with Crippen LogP contribution in [-0.2, 0) is 6.54 Å². The third-order valence-electron chi connectivity index (χ3n) is 4.27.